The molecule has 3 saturated carbocycles. The highest BCUT2D eigenvalue weighted by atomic mass is 16.4. The van der Waals surface area contributed by atoms with E-state index in [9.17, 15) is 14.7 Å². The van der Waals surface area contributed by atoms with Crippen molar-refractivity contribution < 1.29 is 19.8 Å². The highest BCUT2D eigenvalue weighted by Gasteiger charge is 2.62. The summed E-state index contributed by atoms with van der Waals surface area (Å²) >= 11 is 0. The number of carboxylic acids is 1. The first-order valence-corrected chi connectivity index (χ1v) is 10.3. The van der Waals surface area contributed by atoms with E-state index in [2.05, 4.69) is 13.5 Å². The lowest BCUT2D eigenvalue weighted by molar-refractivity contribution is -0.131. The fourth-order valence-corrected chi connectivity index (χ4v) is 7.03. The smallest absolute Gasteiger partial charge is 0.328 e. The summed E-state index contributed by atoms with van der Waals surface area (Å²) < 4.78 is 0. The van der Waals surface area contributed by atoms with Gasteiger partial charge in [-0.05, 0) is 86.3 Å². The maximum absolute atomic E-state index is 11.8. The molecule has 0 aromatic heterocycles. The zero-order valence-corrected chi connectivity index (χ0v) is 16.1. The zero-order valence-electron chi connectivity index (χ0n) is 16.1. The lowest BCUT2D eigenvalue weighted by Gasteiger charge is -2.55. The minimum absolute atomic E-state index is 0.250. The van der Waals surface area contributed by atoms with Crippen LogP contribution in [0.25, 0.3) is 0 Å². The summed E-state index contributed by atoms with van der Waals surface area (Å²) in [6.07, 6.45) is 11.9. The Morgan fingerprint density at radius 2 is 1.93 bits per heavy atom. The number of carboxylic acid groups (broad SMARTS) is 1. The predicted octanol–water partition coefficient (Wildman–Crippen LogP) is 4.06. The number of fused-ring (bicyclic) bond motifs is 5. The molecule has 0 saturated heterocycles. The van der Waals surface area contributed by atoms with E-state index in [0.717, 1.165) is 44.6 Å². The molecule has 4 nitrogen and oxygen atoms in total. The van der Waals surface area contributed by atoms with Gasteiger partial charge in [-0.3, -0.25) is 4.79 Å². The molecular weight excluding hydrogens is 340 g/mol. The molecule has 3 fully saturated rings. The molecule has 0 aliphatic heterocycles. The highest BCUT2D eigenvalue weighted by Crippen LogP contribution is 2.66. The van der Waals surface area contributed by atoms with Gasteiger partial charge >= 0.3 is 5.97 Å². The quantitative estimate of drug-likeness (QED) is 0.580. The summed E-state index contributed by atoms with van der Waals surface area (Å²) in [6, 6.07) is 0. The summed E-state index contributed by atoms with van der Waals surface area (Å²) in [5.74, 6) is 1.48. The number of carbonyl (C=O) groups is 2. The maximum atomic E-state index is 11.8. The zero-order chi connectivity index (χ0) is 19.4. The van der Waals surface area contributed by atoms with Crippen LogP contribution < -0.4 is 0 Å². The number of rotatable bonds is 3. The molecule has 4 heteroatoms. The molecule has 146 valence electrons. The van der Waals surface area contributed by atoms with E-state index in [0.29, 0.717) is 42.1 Å². The Morgan fingerprint density at radius 3 is 2.67 bits per heavy atom. The van der Waals surface area contributed by atoms with Crippen LogP contribution in [-0.4, -0.2) is 27.6 Å². The van der Waals surface area contributed by atoms with Gasteiger partial charge in [0, 0.05) is 17.9 Å². The molecule has 0 aromatic carbocycles. The van der Waals surface area contributed by atoms with E-state index in [1.54, 1.807) is 0 Å². The van der Waals surface area contributed by atoms with Crippen molar-refractivity contribution in [3.8, 4) is 0 Å². The second-order valence-corrected chi connectivity index (χ2v) is 9.36. The van der Waals surface area contributed by atoms with Gasteiger partial charge in [0.2, 0.25) is 0 Å². The molecule has 2 N–H and O–H groups in total. The van der Waals surface area contributed by atoms with Gasteiger partial charge in [0.1, 0.15) is 0 Å². The van der Waals surface area contributed by atoms with E-state index in [1.165, 1.54) is 11.6 Å². The van der Waals surface area contributed by atoms with Crippen molar-refractivity contribution >= 4 is 11.8 Å². The van der Waals surface area contributed by atoms with Crippen LogP contribution in [0, 0.1) is 29.1 Å². The normalized spacial score (nSPS) is 43.6. The standard InChI is InChI=1S/C23H30O4/c1-14(3-8-21(25)26)23(27)12-10-20-19-6-4-15-13-16(24)5-7-17(15)18(19)9-11-22(20,23)2/h3,8,13,17-20,27H,1,4-7,9-12H2,2H3,(H,25,26)/b8-3+/t17-,18+,19+,20-,22-,23+/m0/s1. The van der Waals surface area contributed by atoms with Gasteiger partial charge < -0.3 is 10.2 Å². The van der Waals surface area contributed by atoms with Crippen LogP contribution in [0.1, 0.15) is 58.3 Å². The summed E-state index contributed by atoms with van der Waals surface area (Å²) in [6.45, 7) is 6.24. The molecule has 0 radical (unpaired) electrons. The monoisotopic (exact) mass is 370 g/mol. The van der Waals surface area contributed by atoms with Crippen molar-refractivity contribution in [2.45, 2.75) is 63.9 Å². The van der Waals surface area contributed by atoms with Gasteiger partial charge in [-0.1, -0.05) is 19.1 Å². The van der Waals surface area contributed by atoms with Crippen molar-refractivity contribution in [3.63, 3.8) is 0 Å². The Bertz CT molecular complexity index is 747. The van der Waals surface area contributed by atoms with Crippen LogP contribution in [0.3, 0.4) is 0 Å². The largest absolute Gasteiger partial charge is 0.478 e. The average Bonchev–Trinajstić information content (AvgIpc) is 2.91. The van der Waals surface area contributed by atoms with Gasteiger partial charge in [0.25, 0.3) is 0 Å². The second kappa shape index (κ2) is 6.44. The average molecular weight is 370 g/mol. The first-order chi connectivity index (χ1) is 12.8. The molecule has 4 aliphatic rings. The molecule has 0 amide bonds. The third-order valence-corrected chi connectivity index (χ3v) is 8.41. The fourth-order valence-electron chi connectivity index (χ4n) is 7.03. The van der Waals surface area contributed by atoms with Crippen LogP contribution in [0.15, 0.2) is 36.0 Å². The Morgan fingerprint density at radius 1 is 1.15 bits per heavy atom. The van der Waals surface area contributed by atoms with E-state index in [1.807, 2.05) is 6.08 Å². The SMILES string of the molecule is C=C(/C=C/C(=O)O)[C@]1(O)CC[C@H]2[C@@H]3CCC4=CC(=O)CC[C@@H]4[C@H]3CC[C@@]21C. The Balaban J connectivity index is 1.60. The number of allylic oxidation sites excluding steroid dienone is 1. The van der Waals surface area contributed by atoms with Crippen LogP contribution in [0.4, 0.5) is 0 Å². The van der Waals surface area contributed by atoms with Gasteiger partial charge in [-0.2, -0.15) is 0 Å². The Labute approximate surface area is 161 Å². The molecule has 0 unspecified atom stereocenters. The van der Waals surface area contributed by atoms with Gasteiger partial charge in [-0.15, -0.1) is 0 Å². The number of aliphatic carboxylic acids is 1. The second-order valence-electron chi connectivity index (χ2n) is 9.36. The molecule has 4 rings (SSSR count). The fraction of sp³-hybridized carbons (Fsp3) is 0.652. The van der Waals surface area contributed by atoms with Crippen LogP contribution in [0.2, 0.25) is 0 Å². The van der Waals surface area contributed by atoms with Crippen molar-refractivity contribution in [2.24, 2.45) is 29.1 Å². The van der Waals surface area contributed by atoms with Crippen molar-refractivity contribution in [1.82, 2.24) is 0 Å². The Kier molecular flexibility index (Phi) is 4.45. The van der Waals surface area contributed by atoms with Crippen molar-refractivity contribution in [3.05, 3.63) is 36.0 Å². The number of hydrogen-bond donors (Lipinski definition) is 2. The number of hydrogen-bond acceptors (Lipinski definition) is 3. The summed E-state index contributed by atoms with van der Waals surface area (Å²) in [4.78, 5) is 22.7. The molecule has 0 heterocycles. The molecule has 4 aliphatic carbocycles. The summed E-state index contributed by atoms with van der Waals surface area (Å²) in [7, 11) is 0. The minimum atomic E-state index is -1.02. The lowest BCUT2D eigenvalue weighted by Crippen LogP contribution is -2.53. The molecule has 0 spiro atoms. The third kappa shape index (κ3) is 2.75. The number of carbonyl (C=O) groups excluding carboxylic acids is 1. The van der Waals surface area contributed by atoms with E-state index in [4.69, 9.17) is 5.11 Å². The first-order valence-electron chi connectivity index (χ1n) is 10.3. The van der Waals surface area contributed by atoms with Gasteiger partial charge in [0.05, 0.1) is 5.60 Å². The maximum Gasteiger partial charge on any atom is 0.328 e. The molecular formula is C23H30O4. The first kappa shape index (κ1) is 18.7. The summed E-state index contributed by atoms with van der Waals surface area (Å²) in [5.41, 5.74) is 0.638. The molecule has 0 aromatic rings. The van der Waals surface area contributed by atoms with Crippen molar-refractivity contribution in [1.29, 1.82) is 0 Å². The van der Waals surface area contributed by atoms with Gasteiger partial charge in [0.15, 0.2) is 5.78 Å². The molecule has 0 bridgehead atoms. The van der Waals surface area contributed by atoms with E-state index in [-0.39, 0.29) is 11.2 Å². The minimum Gasteiger partial charge on any atom is -0.478 e. The lowest BCUT2D eigenvalue weighted by atomic mass is 9.50. The Hall–Kier alpha value is -1.68. The van der Waals surface area contributed by atoms with E-state index < -0.39 is 11.6 Å². The van der Waals surface area contributed by atoms with Crippen LogP contribution >= 0.6 is 0 Å². The van der Waals surface area contributed by atoms with Crippen LogP contribution in [-0.2, 0) is 9.59 Å². The van der Waals surface area contributed by atoms with Crippen molar-refractivity contribution in [2.75, 3.05) is 0 Å². The van der Waals surface area contributed by atoms with Gasteiger partial charge in [-0.25, -0.2) is 4.79 Å². The van der Waals surface area contributed by atoms with E-state index >= 15 is 0 Å². The molecule has 6 atom stereocenters. The number of ketones is 1. The third-order valence-electron chi connectivity index (χ3n) is 8.41. The molecule has 27 heavy (non-hydrogen) atoms. The predicted molar refractivity (Wildman–Crippen MR) is 103 cm³/mol. The number of aliphatic hydroxyl groups is 1. The topological polar surface area (TPSA) is 74.6 Å². The van der Waals surface area contributed by atoms with Crippen LogP contribution in [0.5, 0.6) is 0 Å². The summed E-state index contributed by atoms with van der Waals surface area (Å²) in [5, 5.41) is 20.5. The highest BCUT2D eigenvalue weighted by molar-refractivity contribution is 5.91.